The van der Waals surface area contributed by atoms with Crippen LogP contribution in [0.5, 0.6) is 5.75 Å². The van der Waals surface area contributed by atoms with Crippen LogP contribution in [0.2, 0.25) is 0 Å². The van der Waals surface area contributed by atoms with E-state index in [1.54, 1.807) is 68.3 Å². The second kappa shape index (κ2) is 8.68. The Hall–Kier alpha value is -3.48. The number of nitrogens with zero attached hydrogens (tertiary/aromatic N) is 1. The van der Waals surface area contributed by atoms with Crippen LogP contribution in [0.25, 0.3) is 0 Å². The normalized spacial score (nSPS) is 10.7. The summed E-state index contributed by atoms with van der Waals surface area (Å²) in [5.41, 5.74) is 2.40. The lowest BCUT2D eigenvalue weighted by molar-refractivity contribution is 0.0525. The van der Waals surface area contributed by atoms with Gasteiger partial charge in [0.2, 0.25) is 0 Å². The number of aryl methyl sites for hydroxylation is 1. The maximum Gasteiger partial charge on any atom is 0.340 e. The molecule has 0 atom stereocenters. The Morgan fingerprint density at radius 1 is 1.14 bits per heavy atom. The molecular weight excluding hydrogens is 372 g/mol. The Bertz CT molecular complexity index is 1000. The quantitative estimate of drug-likeness (QED) is 0.590. The fraction of sp³-hybridized carbons (Fsp3) is 0.273. The molecule has 7 nitrogen and oxygen atoms in total. The summed E-state index contributed by atoms with van der Waals surface area (Å²) in [5.74, 6) is -0.0476. The number of hydrogen-bond acceptors (Lipinski definition) is 5. The number of ether oxygens (including phenoxy) is 1. The highest BCUT2D eigenvalue weighted by Gasteiger charge is 2.27. The summed E-state index contributed by atoms with van der Waals surface area (Å²) in [7, 11) is 0. The molecular formula is C22H24N2O5. The average Bonchev–Trinajstić information content (AvgIpc) is 3.30. The lowest BCUT2D eigenvalue weighted by atomic mass is 10.1. The summed E-state index contributed by atoms with van der Waals surface area (Å²) in [6.45, 7) is 5.83. The first-order chi connectivity index (χ1) is 13.9. The highest BCUT2D eigenvalue weighted by atomic mass is 16.5. The lowest BCUT2D eigenvalue weighted by Crippen LogP contribution is -2.31. The molecule has 3 aromatic rings. The molecule has 0 bridgehead atoms. The number of aromatic hydroxyl groups is 1. The monoisotopic (exact) mass is 396 g/mol. The molecule has 0 aliphatic rings. The molecule has 29 heavy (non-hydrogen) atoms. The molecule has 0 radical (unpaired) electrons. The van der Waals surface area contributed by atoms with E-state index in [0.717, 1.165) is 0 Å². The number of nitrogens with one attached hydrogen (secondary N) is 1. The van der Waals surface area contributed by atoms with Crippen molar-refractivity contribution >= 4 is 11.9 Å². The van der Waals surface area contributed by atoms with Gasteiger partial charge in [0, 0.05) is 11.3 Å². The van der Waals surface area contributed by atoms with Gasteiger partial charge >= 0.3 is 5.97 Å². The number of benzene rings is 1. The molecule has 3 rings (SSSR count). The van der Waals surface area contributed by atoms with Crippen LogP contribution in [0.3, 0.4) is 0 Å². The van der Waals surface area contributed by atoms with Crippen molar-refractivity contribution < 1.29 is 23.8 Å². The highest BCUT2D eigenvalue weighted by Crippen LogP contribution is 2.24. The summed E-state index contributed by atoms with van der Waals surface area (Å²) >= 11 is 0. The van der Waals surface area contributed by atoms with Crippen molar-refractivity contribution in [2.24, 2.45) is 0 Å². The number of carbonyl (C=O) groups excluding carboxylic acids is 2. The number of para-hydroxylation sites is 1. The van der Waals surface area contributed by atoms with Gasteiger partial charge in [0.25, 0.3) is 5.91 Å². The van der Waals surface area contributed by atoms with E-state index in [9.17, 15) is 14.7 Å². The molecule has 0 aliphatic heterocycles. The van der Waals surface area contributed by atoms with Crippen LogP contribution in [-0.2, 0) is 17.8 Å². The Morgan fingerprint density at radius 2 is 1.90 bits per heavy atom. The van der Waals surface area contributed by atoms with E-state index in [0.29, 0.717) is 33.8 Å². The minimum absolute atomic E-state index is 0.108. The Morgan fingerprint density at radius 3 is 2.55 bits per heavy atom. The second-order valence-corrected chi connectivity index (χ2v) is 6.71. The number of rotatable bonds is 7. The second-order valence-electron chi connectivity index (χ2n) is 6.71. The van der Waals surface area contributed by atoms with Crippen LogP contribution >= 0.6 is 0 Å². The first-order valence-corrected chi connectivity index (χ1v) is 9.37. The fourth-order valence-electron chi connectivity index (χ4n) is 3.27. The zero-order valence-electron chi connectivity index (χ0n) is 16.7. The zero-order valence-corrected chi connectivity index (χ0v) is 16.7. The van der Waals surface area contributed by atoms with Gasteiger partial charge in [-0.3, -0.25) is 4.79 Å². The van der Waals surface area contributed by atoms with Gasteiger partial charge in [0.15, 0.2) is 0 Å². The molecule has 2 N–H and O–H groups in total. The SMILES string of the molecule is CCOC(=O)c1c(C)[nH]c(C(=O)N(Cc2ccco2)Cc2ccccc2O)c1C. The highest BCUT2D eigenvalue weighted by molar-refractivity contribution is 6.00. The van der Waals surface area contributed by atoms with E-state index in [1.807, 2.05) is 0 Å². The molecule has 0 saturated carbocycles. The van der Waals surface area contributed by atoms with Crippen LogP contribution in [0.15, 0.2) is 47.1 Å². The van der Waals surface area contributed by atoms with Crippen LogP contribution in [0.4, 0.5) is 0 Å². The van der Waals surface area contributed by atoms with Gasteiger partial charge in [-0.05, 0) is 44.5 Å². The number of hydrogen-bond donors (Lipinski definition) is 2. The molecule has 7 heteroatoms. The molecule has 2 heterocycles. The minimum Gasteiger partial charge on any atom is -0.508 e. The van der Waals surface area contributed by atoms with Crippen LogP contribution in [-0.4, -0.2) is 33.5 Å². The maximum atomic E-state index is 13.4. The lowest BCUT2D eigenvalue weighted by Gasteiger charge is -2.22. The van der Waals surface area contributed by atoms with Gasteiger partial charge in [-0.2, -0.15) is 0 Å². The van der Waals surface area contributed by atoms with Crippen LogP contribution < -0.4 is 0 Å². The number of carbonyl (C=O) groups is 2. The van der Waals surface area contributed by atoms with Gasteiger partial charge in [0.05, 0.1) is 31.5 Å². The first-order valence-electron chi connectivity index (χ1n) is 9.37. The summed E-state index contributed by atoms with van der Waals surface area (Å²) in [6.07, 6.45) is 1.54. The largest absolute Gasteiger partial charge is 0.508 e. The smallest absolute Gasteiger partial charge is 0.340 e. The number of esters is 1. The van der Waals surface area contributed by atoms with Gasteiger partial charge in [-0.25, -0.2) is 4.79 Å². The van der Waals surface area contributed by atoms with E-state index in [1.165, 1.54) is 0 Å². The standard InChI is InChI=1S/C22H24N2O5/c1-4-28-22(27)19-14(2)20(23-15(19)3)21(26)24(13-17-9-7-11-29-17)12-16-8-5-6-10-18(16)25/h5-11,23,25H,4,12-13H2,1-3H3. The van der Waals surface area contributed by atoms with Crippen LogP contribution in [0.1, 0.15) is 50.4 Å². The van der Waals surface area contributed by atoms with Crippen molar-refractivity contribution in [1.82, 2.24) is 9.88 Å². The Balaban J connectivity index is 1.95. The molecule has 0 unspecified atom stereocenters. The fourth-order valence-corrected chi connectivity index (χ4v) is 3.27. The van der Waals surface area contributed by atoms with Gasteiger partial charge < -0.3 is 24.1 Å². The summed E-state index contributed by atoms with van der Waals surface area (Å²) in [5, 5.41) is 10.1. The third-order valence-electron chi connectivity index (χ3n) is 4.70. The van der Waals surface area contributed by atoms with Gasteiger partial charge in [-0.1, -0.05) is 18.2 Å². The average molecular weight is 396 g/mol. The number of phenols is 1. The summed E-state index contributed by atoms with van der Waals surface area (Å²) < 4.78 is 10.5. The Kier molecular flexibility index (Phi) is 6.07. The number of furan rings is 1. The number of aromatic nitrogens is 1. The van der Waals surface area contributed by atoms with E-state index >= 15 is 0 Å². The Labute approximate surface area is 168 Å². The topological polar surface area (TPSA) is 95.8 Å². The van der Waals surface area contributed by atoms with Crippen molar-refractivity contribution in [3.8, 4) is 5.75 Å². The number of aromatic amines is 1. The van der Waals surface area contributed by atoms with E-state index in [4.69, 9.17) is 9.15 Å². The molecule has 0 saturated heterocycles. The summed E-state index contributed by atoms with van der Waals surface area (Å²) in [6, 6.07) is 10.4. The van der Waals surface area contributed by atoms with Crippen molar-refractivity contribution in [3.63, 3.8) is 0 Å². The van der Waals surface area contributed by atoms with Crippen molar-refractivity contribution in [3.05, 3.63) is 76.5 Å². The minimum atomic E-state index is -0.462. The molecule has 1 aromatic carbocycles. The molecule has 2 aromatic heterocycles. The van der Waals surface area contributed by atoms with Gasteiger partial charge in [-0.15, -0.1) is 0 Å². The van der Waals surface area contributed by atoms with Crippen molar-refractivity contribution in [2.45, 2.75) is 33.9 Å². The summed E-state index contributed by atoms with van der Waals surface area (Å²) in [4.78, 5) is 30.2. The third-order valence-corrected chi connectivity index (χ3v) is 4.70. The van der Waals surface area contributed by atoms with Crippen molar-refractivity contribution in [2.75, 3.05) is 6.61 Å². The molecule has 1 amide bonds. The van der Waals surface area contributed by atoms with Crippen LogP contribution in [0, 0.1) is 13.8 Å². The number of phenolic OH excluding ortho intramolecular Hbond substituents is 1. The predicted molar refractivity (Wildman–Crippen MR) is 107 cm³/mol. The van der Waals surface area contributed by atoms with E-state index < -0.39 is 5.97 Å². The maximum absolute atomic E-state index is 13.4. The first kappa shape index (κ1) is 20.3. The number of H-pyrrole nitrogens is 1. The third kappa shape index (κ3) is 4.34. The molecule has 0 spiro atoms. The predicted octanol–water partition coefficient (Wildman–Crippen LogP) is 3.95. The number of amides is 1. The van der Waals surface area contributed by atoms with E-state index in [2.05, 4.69) is 4.98 Å². The molecule has 0 fully saturated rings. The van der Waals surface area contributed by atoms with Gasteiger partial charge in [0.1, 0.15) is 17.2 Å². The molecule has 0 aliphatic carbocycles. The van der Waals surface area contributed by atoms with E-state index in [-0.39, 0.29) is 31.4 Å². The zero-order chi connectivity index (χ0) is 21.0. The van der Waals surface area contributed by atoms with Crippen molar-refractivity contribution in [1.29, 1.82) is 0 Å². The molecule has 152 valence electrons.